The van der Waals surface area contributed by atoms with Gasteiger partial charge in [-0.2, -0.15) is 0 Å². The molecule has 1 fully saturated rings. The summed E-state index contributed by atoms with van der Waals surface area (Å²) in [5.41, 5.74) is 2.54. The van der Waals surface area contributed by atoms with Gasteiger partial charge in [0.05, 0.1) is 0 Å². The molecule has 6 nitrogen and oxygen atoms in total. The number of aromatic nitrogens is 2. The molecule has 1 N–H and O–H groups in total. The van der Waals surface area contributed by atoms with Gasteiger partial charge >= 0.3 is 0 Å². The van der Waals surface area contributed by atoms with E-state index < -0.39 is 0 Å². The van der Waals surface area contributed by atoms with E-state index in [0.717, 1.165) is 44.7 Å². The second-order valence-corrected chi connectivity index (χ2v) is 7.08. The Hall–Kier alpha value is -2.63. The lowest BCUT2D eigenvalue weighted by Gasteiger charge is -2.30. The number of amides is 1. The van der Waals surface area contributed by atoms with E-state index in [2.05, 4.69) is 53.1 Å². The molecule has 0 bridgehead atoms. The van der Waals surface area contributed by atoms with Gasteiger partial charge in [-0.3, -0.25) is 4.79 Å². The van der Waals surface area contributed by atoms with Crippen LogP contribution in [0.4, 0.5) is 17.3 Å². The van der Waals surface area contributed by atoms with Crippen LogP contribution in [-0.4, -0.2) is 47.0 Å². The minimum atomic E-state index is -0.00997. The molecule has 1 aromatic heterocycles. The summed E-state index contributed by atoms with van der Waals surface area (Å²) in [7, 11) is 0. The molecule has 1 aliphatic rings. The van der Waals surface area contributed by atoms with Gasteiger partial charge in [0, 0.05) is 43.8 Å². The van der Waals surface area contributed by atoms with Crippen LogP contribution >= 0.6 is 0 Å². The Balaban J connectivity index is 1.68. The average molecular weight is 367 g/mol. The number of rotatable bonds is 6. The van der Waals surface area contributed by atoms with Crippen molar-refractivity contribution >= 4 is 23.2 Å². The SMILES string of the molecule is CCN(CC)c1ccc(Nc2nccc(C(=O)N3CCC(C)CC3)n2)cc1. The van der Waals surface area contributed by atoms with Crippen LogP contribution in [0.25, 0.3) is 0 Å². The highest BCUT2D eigenvalue weighted by molar-refractivity contribution is 5.92. The van der Waals surface area contributed by atoms with Crippen LogP contribution in [0.5, 0.6) is 0 Å². The molecule has 1 amide bonds. The standard InChI is InChI=1S/C21H29N5O/c1-4-25(5-2)18-8-6-17(7-9-18)23-21-22-13-10-19(24-21)20(27)26-14-11-16(3)12-15-26/h6-10,13,16H,4-5,11-12,14-15H2,1-3H3,(H,22,23,24). The van der Waals surface area contributed by atoms with Crippen LogP contribution in [0, 0.1) is 5.92 Å². The summed E-state index contributed by atoms with van der Waals surface area (Å²) in [4.78, 5) is 25.6. The number of benzene rings is 1. The first kappa shape index (κ1) is 19.1. The number of nitrogens with one attached hydrogen (secondary N) is 1. The van der Waals surface area contributed by atoms with Gasteiger partial charge in [0.25, 0.3) is 5.91 Å². The van der Waals surface area contributed by atoms with Crippen molar-refractivity contribution in [2.75, 3.05) is 36.4 Å². The zero-order valence-electron chi connectivity index (χ0n) is 16.5. The zero-order valence-corrected chi connectivity index (χ0v) is 16.5. The largest absolute Gasteiger partial charge is 0.372 e. The lowest BCUT2D eigenvalue weighted by atomic mass is 9.99. The van der Waals surface area contributed by atoms with Crippen LogP contribution in [0.2, 0.25) is 0 Å². The number of nitrogens with zero attached hydrogens (tertiary/aromatic N) is 4. The first-order valence-electron chi connectivity index (χ1n) is 9.85. The molecule has 2 aromatic rings. The fourth-order valence-corrected chi connectivity index (χ4v) is 3.39. The van der Waals surface area contributed by atoms with Gasteiger partial charge in [-0.25, -0.2) is 9.97 Å². The monoisotopic (exact) mass is 367 g/mol. The Bertz CT molecular complexity index is 749. The maximum atomic E-state index is 12.7. The van der Waals surface area contributed by atoms with E-state index in [0.29, 0.717) is 17.6 Å². The highest BCUT2D eigenvalue weighted by atomic mass is 16.2. The molecule has 1 aromatic carbocycles. The molecule has 0 aliphatic carbocycles. The predicted molar refractivity (Wildman–Crippen MR) is 110 cm³/mol. The quantitative estimate of drug-likeness (QED) is 0.838. The molecule has 6 heteroatoms. The van der Waals surface area contributed by atoms with E-state index in [4.69, 9.17) is 0 Å². The lowest BCUT2D eigenvalue weighted by molar-refractivity contribution is 0.0691. The highest BCUT2D eigenvalue weighted by Crippen LogP contribution is 2.21. The summed E-state index contributed by atoms with van der Waals surface area (Å²) >= 11 is 0. The number of hydrogen-bond donors (Lipinski definition) is 1. The Morgan fingerprint density at radius 3 is 2.44 bits per heavy atom. The Labute approximate surface area is 161 Å². The Morgan fingerprint density at radius 1 is 1.15 bits per heavy atom. The van der Waals surface area contributed by atoms with Gasteiger partial charge in [0.2, 0.25) is 5.95 Å². The van der Waals surface area contributed by atoms with Gasteiger partial charge in [-0.05, 0) is 62.9 Å². The molecule has 0 saturated carbocycles. The Morgan fingerprint density at radius 2 is 1.81 bits per heavy atom. The van der Waals surface area contributed by atoms with E-state index in [1.165, 1.54) is 5.69 Å². The minimum absolute atomic E-state index is 0.00997. The number of carbonyl (C=O) groups excluding carboxylic acids is 1. The van der Waals surface area contributed by atoms with Crippen molar-refractivity contribution in [3.8, 4) is 0 Å². The normalized spacial score (nSPS) is 14.9. The molecule has 2 heterocycles. The van der Waals surface area contributed by atoms with E-state index in [-0.39, 0.29) is 5.91 Å². The topological polar surface area (TPSA) is 61.4 Å². The first-order chi connectivity index (χ1) is 13.1. The van der Waals surface area contributed by atoms with Crippen molar-refractivity contribution in [1.29, 1.82) is 0 Å². The fraction of sp³-hybridized carbons (Fsp3) is 0.476. The second-order valence-electron chi connectivity index (χ2n) is 7.08. The van der Waals surface area contributed by atoms with E-state index in [1.807, 2.05) is 17.0 Å². The van der Waals surface area contributed by atoms with Crippen LogP contribution in [0.3, 0.4) is 0 Å². The number of piperidine rings is 1. The summed E-state index contributed by atoms with van der Waals surface area (Å²) in [5.74, 6) is 1.13. The maximum absolute atomic E-state index is 12.7. The summed E-state index contributed by atoms with van der Waals surface area (Å²) in [6, 6.07) is 9.88. The smallest absolute Gasteiger partial charge is 0.272 e. The van der Waals surface area contributed by atoms with Crippen molar-refractivity contribution < 1.29 is 4.79 Å². The molecule has 0 atom stereocenters. The molecule has 1 aliphatic heterocycles. The summed E-state index contributed by atoms with van der Waals surface area (Å²) in [5, 5.41) is 3.20. The Kier molecular flexibility index (Phi) is 6.27. The third kappa shape index (κ3) is 4.76. The second kappa shape index (κ2) is 8.84. The van der Waals surface area contributed by atoms with Crippen molar-refractivity contribution in [3.05, 3.63) is 42.2 Å². The van der Waals surface area contributed by atoms with Crippen molar-refractivity contribution in [2.45, 2.75) is 33.6 Å². The first-order valence-corrected chi connectivity index (χ1v) is 9.85. The van der Waals surface area contributed by atoms with Gasteiger partial charge in [0.1, 0.15) is 5.69 Å². The number of hydrogen-bond acceptors (Lipinski definition) is 5. The van der Waals surface area contributed by atoms with Gasteiger partial charge in [-0.15, -0.1) is 0 Å². The summed E-state index contributed by atoms with van der Waals surface area (Å²) in [6.45, 7) is 10.1. The summed E-state index contributed by atoms with van der Waals surface area (Å²) < 4.78 is 0. The van der Waals surface area contributed by atoms with Crippen LogP contribution in [0.15, 0.2) is 36.5 Å². The van der Waals surface area contributed by atoms with E-state index in [1.54, 1.807) is 12.3 Å². The molecular formula is C21H29N5O. The van der Waals surface area contributed by atoms with Gasteiger partial charge in [0.15, 0.2) is 0 Å². The van der Waals surface area contributed by atoms with E-state index in [9.17, 15) is 4.79 Å². The lowest BCUT2D eigenvalue weighted by Crippen LogP contribution is -2.38. The molecule has 1 saturated heterocycles. The van der Waals surface area contributed by atoms with Crippen molar-refractivity contribution in [3.63, 3.8) is 0 Å². The number of carbonyl (C=O) groups is 1. The highest BCUT2D eigenvalue weighted by Gasteiger charge is 2.22. The van der Waals surface area contributed by atoms with Gasteiger partial charge < -0.3 is 15.1 Å². The summed E-state index contributed by atoms with van der Waals surface area (Å²) in [6.07, 6.45) is 3.75. The molecular weight excluding hydrogens is 338 g/mol. The zero-order chi connectivity index (χ0) is 19.2. The average Bonchev–Trinajstić information content (AvgIpc) is 2.70. The maximum Gasteiger partial charge on any atom is 0.272 e. The van der Waals surface area contributed by atoms with Crippen LogP contribution in [0.1, 0.15) is 44.1 Å². The third-order valence-electron chi connectivity index (χ3n) is 5.20. The molecule has 0 radical (unpaired) electrons. The van der Waals surface area contributed by atoms with Gasteiger partial charge in [-0.1, -0.05) is 6.92 Å². The van der Waals surface area contributed by atoms with Crippen LogP contribution in [-0.2, 0) is 0 Å². The third-order valence-corrected chi connectivity index (χ3v) is 5.20. The molecule has 0 unspecified atom stereocenters. The predicted octanol–water partition coefficient (Wildman–Crippen LogP) is 3.94. The molecule has 27 heavy (non-hydrogen) atoms. The fourth-order valence-electron chi connectivity index (χ4n) is 3.39. The number of likely N-dealkylation sites (tertiary alicyclic amines) is 1. The van der Waals surface area contributed by atoms with Crippen molar-refractivity contribution in [1.82, 2.24) is 14.9 Å². The number of anilines is 3. The minimum Gasteiger partial charge on any atom is -0.372 e. The van der Waals surface area contributed by atoms with Crippen LogP contribution < -0.4 is 10.2 Å². The van der Waals surface area contributed by atoms with Crippen molar-refractivity contribution in [2.24, 2.45) is 5.92 Å². The van der Waals surface area contributed by atoms with E-state index >= 15 is 0 Å². The molecule has 0 spiro atoms. The molecule has 144 valence electrons. The molecule has 3 rings (SSSR count).